The van der Waals surface area contributed by atoms with Crippen LogP contribution < -0.4 is 0 Å². The molecule has 0 spiro atoms. The van der Waals surface area contributed by atoms with Crippen molar-refractivity contribution in [1.82, 2.24) is 0 Å². The zero-order valence-electron chi connectivity index (χ0n) is 10.1. The number of fused-ring (bicyclic) bond motifs is 1. The second kappa shape index (κ2) is 4.80. The van der Waals surface area contributed by atoms with E-state index < -0.39 is 30.4 Å². The highest BCUT2D eigenvalue weighted by Gasteiger charge is 2.49. The molecule has 2 fully saturated rings. The molecule has 2 aliphatic rings. The Bertz CT molecular complexity index is 488. The van der Waals surface area contributed by atoms with Crippen LogP contribution >= 0.6 is 0 Å². The van der Waals surface area contributed by atoms with Crippen molar-refractivity contribution in [1.29, 1.82) is 0 Å². The van der Waals surface area contributed by atoms with Crippen LogP contribution in [0.25, 0.3) is 0 Å². The van der Waals surface area contributed by atoms with Gasteiger partial charge in [0, 0.05) is 0 Å². The molecule has 19 heavy (non-hydrogen) atoms. The molecule has 102 valence electrons. The summed E-state index contributed by atoms with van der Waals surface area (Å²) in [5.74, 6) is -0.757. The zero-order chi connectivity index (χ0) is 13.4. The van der Waals surface area contributed by atoms with Crippen molar-refractivity contribution in [3.05, 3.63) is 29.8 Å². The number of esters is 1. The van der Waals surface area contributed by atoms with Crippen molar-refractivity contribution in [2.24, 2.45) is 0 Å². The lowest BCUT2D eigenvalue weighted by Crippen LogP contribution is -2.34. The van der Waals surface area contributed by atoms with Crippen LogP contribution in [0, 0.1) is 0 Å². The largest absolute Gasteiger partial charge is 0.507 e. The molecule has 0 unspecified atom stereocenters. The highest BCUT2D eigenvalue weighted by molar-refractivity contribution is 5.92. The van der Waals surface area contributed by atoms with Crippen LogP contribution in [0.2, 0.25) is 0 Å². The minimum absolute atomic E-state index is 0.101. The summed E-state index contributed by atoms with van der Waals surface area (Å²) in [6.45, 7) is 0.367. The van der Waals surface area contributed by atoms with Gasteiger partial charge in [0.2, 0.25) is 0 Å². The monoisotopic (exact) mass is 266 g/mol. The van der Waals surface area contributed by atoms with Crippen molar-refractivity contribution in [2.45, 2.75) is 24.4 Å². The minimum Gasteiger partial charge on any atom is -0.507 e. The molecule has 2 aliphatic heterocycles. The number of carbonyl (C=O) groups excluding carboxylic acids is 1. The van der Waals surface area contributed by atoms with Gasteiger partial charge >= 0.3 is 5.97 Å². The number of carbonyl (C=O) groups is 1. The summed E-state index contributed by atoms with van der Waals surface area (Å²) in [6, 6.07) is 6.16. The summed E-state index contributed by atoms with van der Waals surface area (Å²) in [7, 11) is 0. The Morgan fingerprint density at radius 3 is 2.74 bits per heavy atom. The lowest BCUT2D eigenvalue weighted by molar-refractivity contribution is -0.0210. The van der Waals surface area contributed by atoms with E-state index in [0.717, 1.165) is 0 Å². The van der Waals surface area contributed by atoms with Crippen LogP contribution in [0.5, 0.6) is 5.75 Å². The maximum Gasteiger partial charge on any atom is 0.342 e. The van der Waals surface area contributed by atoms with Gasteiger partial charge in [0.1, 0.15) is 29.6 Å². The van der Waals surface area contributed by atoms with Gasteiger partial charge in [-0.1, -0.05) is 12.1 Å². The SMILES string of the molecule is O=C(O[C@H]1CO[C@H]2[C@@H]1OC[C@H]2O)c1ccccc1O. The van der Waals surface area contributed by atoms with Crippen molar-refractivity contribution in [2.75, 3.05) is 13.2 Å². The third-order valence-electron chi connectivity index (χ3n) is 3.36. The van der Waals surface area contributed by atoms with E-state index >= 15 is 0 Å². The van der Waals surface area contributed by atoms with Gasteiger partial charge < -0.3 is 24.4 Å². The van der Waals surface area contributed by atoms with E-state index in [9.17, 15) is 15.0 Å². The molecule has 0 bridgehead atoms. The molecular formula is C13H14O6. The molecule has 0 aromatic heterocycles. The summed E-state index contributed by atoms with van der Waals surface area (Å²) in [5, 5.41) is 19.2. The summed E-state index contributed by atoms with van der Waals surface area (Å²) in [5.41, 5.74) is 0.101. The van der Waals surface area contributed by atoms with Gasteiger partial charge in [-0.3, -0.25) is 0 Å². The smallest absolute Gasteiger partial charge is 0.342 e. The van der Waals surface area contributed by atoms with Crippen LogP contribution in [0.3, 0.4) is 0 Å². The summed E-state index contributed by atoms with van der Waals surface area (Å²) >= 11 is 0. The predicted molar refractivity (Wildman–Crippen MR) is 62.8 cm³/mol. The first kappa shape index (κ1) is 12.4. The average Bonchev–Trinajstić information content (AvgIpc) is 2.95. The molecule has 1 aromatic carbocycles. The average molecular weight is 266 g/mol. The highest BCUT2D eigenvalue weighted by atomic mass is 16.6. The Labute approximate surface area is 109 Å². The molecule has 4 atom stereocenters. The molecule has 6 nitrogen and oxygen atoms in total. The number of aliphatic hydroxyl groups is 1. The standard InChI is InChI=1S/C13H14O6/c14-8-4-2-1-3-7(8)13(16)19-10-6-18-11-9(15)5-17-12(10)11/h1-4,9-12,14-15H,5-6H2/t9-,10+,11-,12-/m1/s1. The molecule has 0 amide bonds. The van der Waals surface area contributed by atoms with Crippen molar-refractivity contribution in [3.8, 4) is 5.75 Å². The first-order valence-corrected chi connectivity index (χ1v) is 6.07. The van der Waals surface area contributed by atoms with Gasteiger partial charge in [0.05, 0.1) is 13.2 Å². The Morgan fingerprint density at radius 2 is 1.95 bits per heavy atom. The number of phenols is 1. The molecule has 2 heterocycles. The molecular weight excluding hydrogens is 252 g/mol. The quantitative estimate of drug-likeness (QED) is 0.737. The molecule has 6 heteroatoms. The highest BCUT2D eigenvalue weighted by Crippen LogP contribution is 2.29. The van der Waals surface area contributed by atoms with E-state index in [4.69, 9.17) is 14.2 Å². The van der Waals surface area contributed by atoms with E-state index in [-0.39, 0.29) is 24.5 Å². The van der Waals surface area contributed by atoms with Crippen molar-refractivity contribution >= 4 is 5.97 Å². The van der Waals surface area contributed by atoms with Crippen LogP contribution in [-0.4, -0.2) is 53.8 Å². The van der Waals surface area contributed by atoms with Gasteiger partial charge in [-0.15, -0.1) is 0 Å². The number of hydrogen-bond donors (Lipinski definition) is 2. The first-order valence-electron chi connectivity index (χ1n) is 6.07. The number of ether oxygens (including phenoxy) is 3. The molecule has 0 radical (unpaired) electrons. The number of aliphatic hydroxyl groups excluding tert-OH is 1. The second-order valence-corrected chi connectivity index (χ2v) is 4.62. The Hall–Kier alpha value is -1.63. The van der Waals surface area contributed by atoms with Crippen LogP contribution in [-0.2, 0) is 14.2 Å². The summed E-state index contributed by atoms with van der Waals surface area (Å²) in [6.07, 6.45) is -2.12. The Balaban J connectivity index is 1.69. The number of benzene rings is 1. The summed E-state index contributed by atoms with van der Waals surface area (Å²) in [4.78, 5) is 11.9. The van der Waals surface area contributed by atoms with Gasteiger partial charge in [-0.25, -0.2) is 4.79 Å². The van der Waals surface area contributed by atoms with Crippen LogP contribution in [0.15, 0.2) is 24.3 Å². The van der Waals surface area contributed by atoms with Crippen LogP contribution in [0.1, 0.15) is 10.4 Å². The van der Waals surface area contributed by atoms with E-state index in [2.05, 4.69) is 0 Å². The van der Waals surface area contributed by atoms with Gasteiger partial charge in [0.25, 0.3) is 0 Å². The fourth-order valence-corrected chi connectivity index (χ4v) is 2.39. The van der Waals surface area contributed by atoms with E-state index in [0.29, 0.717) is 0 Å². The molecule has 2 N–H and O–H groups in total. The maximum atomic E-state index is 11.9. The lowest BCUT2D eigenvalue weighted by Gasteiger charge is -2.16. The first-order chi connectivity index (χ1) is 9.16. The fraction of sp³-hybridized carbons (Fsp3) is 0.462. The molecule has 2 saturated heterocycles. The van der Waals surface area contributed by atoms with Crippen LogP contribution in [0.4, 0.5) is 0 Å². The maximum absolute atomic E-state index is 11.9. The second-order valence-electron chi connectivity index (χ2n) is 4.62. The van der Waals surface area contributed by atoms with Crippen molar-refractivity contribution in [3.63, 3.8) is 0 Å². The normalized spacial score (nSPS) is 33.1. The topological polar surface area (TPSA) is 85.2 Å². The molecule has 0 aliphatic carbocycles. The van der Waals surface area contributed by atoms with Gasteiger partial charge in [-0.2, -0.15) is 0 Å². The minimum atomic E-state index is -0.682. The summed E-state index contributed by atoms with van der Waals surface area (Å²) < 4.78 is 16.0. The number of aromatic hydroxyl groups is 1. The van der Waals surface area contributed by atoms with E-state index in [1.165, 1.54) is 12.1 Å². The molecule has 3 rings (SSSR count). The predicted octanol–water partition coefficient (Wildman–Crippen LogP) is 0.0761. The zero-order valence-corrected chi connectivity index (χ0v) is 10.1. The Morgan fingerprint density at radius 1 is 1.21 bits per heavy atom. The number of rotatable bonds is 2. The Kier molecular flexibility index (Phi) is 3.14. The van der Waals surface area contributed by atoms with Crippen molar-refractivity contribution < 1.29 is 29.2 Å². The number of para-hydroxylation sites is 1. The third kappa shape index (κ3) is 2.18. The molecule has 1 aromatic rings. The fourth-order valence-electron chi connectivity index (χ4n) is 2.39. The third-order valence-corrected chi connectivity index (χ3v) is 3.36. The van der Waals surface area contributed by atoms with E-state index in [1.54, 1.807) is 12.1 Å². The molecule has 0 saturated carbocycles. The van der Waals surface area contributed by atoms with Gasteiger partial charge in [0.15, 0.2) is 6.10 Å². The number of hydrogen-bond acceptors (Lipinski definition) is 6. The van der Waals surface area contributed by atoms with E-state index in [1.807, 2.05) is 0 Å². The lowest BCUT2D eigenvalue weighted by atomic mass is 10.1. The number of phenolic OH excluding ortho intramolecular Hbond substituents is 1. The van der Waals surface area contributed by atoms with Gasteiger partial charge in [-0.05, 0) is 12.1 Å².